The normalized spacial score (nSPS) is 17.9. The van der Waals surface area contributed by atoms with Crippen LogP contribution < -0.4 is 10.2 Å². The zero-order valence-electron chi connectivity index (χ0n) is 17.6. The van der Waals surface area contributed by atoms with E-state index in [4.69, 9.17) is 0 Å². The van der Waals surface area contributed by atoms with E-state index in [0.717, 1.165) is 61.3 Å². The van der Waals surface area contributed by atoms with E-state index in [1.165, 1.54) is 6.42 Å². The van der Waals surface area contributed by atoms with Gasteiger partial charge in [-0.1, -0.05) is 35.9 Å². The first kappa shape index (κ1) is 20.8. The highest BCUT2D eigenvalue weighted by Crippen LogP contribution is 2.36. The van der Waals surface area contributed by atoms with Crippen LogP contribution in [0.5, 0.6) is 0 Å². The van der Waals surface area contributed by atoms with Gasteiger partial charge in [-0.15, -0.1) is 5.10 Å². The Hall–Kier alpha value is -2.48. The summed E-state index contributed by atoms with van der Waals surface area (Å²) >= 11 is 1.15. The molecule has 1 aromatic heterocycles. The molecule has 4 rings (SSSR count). The molecule has 2 aliphatic carbocycles. The van der Waals surface area contributed by atoms with Crippen LogP contribution in [0.2, 0.25) is 0 Å². The molecule has 1 N–H and O–H groups in total. The van der Waals surface area contributed by atoms with Crippen molar-refractivity contribution in [3.8, 4) is 0 Å². The van der Waals surface area contributed by atoms with Crippen LogP contribution in [0, 0.1) is 0 Å². The fraction of sp³-hybridized carbons (Fsp3) is 0.545. The molecule has 0 bridgehead atoms. The van der Waals surface area contributed by atoms with Gasteiger partial charge in [0.15, 0.2) is 5.69 Å². The molecule has 0 aliphatic heterocycles. The van der Waals surface area contributed by atoms with E-state index >= 15 is 0 Å². The summed E-state index contributed by atoms with van der Waals surface area (Å²) in [5, 5.41) is 8.87. The number of hydrogen-bond donors (Lipinski definition) is 1. The zero-order chi connectivity index (χ0) is 21.1. The molecule has 0 saturated heterocycles. The Morgan fingerprint density at radius 3 is 2.33 bits per heavy atom. The number of nitrogens with one attached hydrogen (secondary N) is 1. The molecule has 2 saturated carbocycles. The van der Waals surface area contributed by atoms with Gasteiger partial charge in [-0.25, -0.2) is 0 Å². The molecular formula is C22H29N5O2S. The number of carbonyl (C=O) groups excluding carboxylic acids is 2. The minimum Gasteiger partial charge on any atom is -0.378 e. The maximum Gasteiger partial charge on any atom is 0.276 e. The molecule has 7 nitrogen and oxygen atoms in total. The SMILES string of the molecule is CN(C)c1ccc([C@H](C(=O)NC2CCCCC2)N(C(=O)c2csnn2)C2CC2)cc1. The summed E-state index contributed by atoms with van der Waals surface area (Å²) in [5.41, 5.74) is 2.20. The van der Waals surface area contributed by atoms with Gasteiger partial charge in [0, 0.05) is 37.2 Å². The van der Waals surface area contributed by atoms with Crippen molar-refractivity contribution in [2.75, 3.05) is 19.0 Å². The number of rotatable bonds is 7. The van der Waals surface area contributed by atoms with E-state index in [9.17, 15) is 9.59 Å². The van der Waals surface area contributed by atoms with Crippen molar-refractivity contribution >= 4 is 29.0 Å². The van der Waals surface area contributed by atoms with Crippen LogP contribution in [-0.4, -0.2) is 52.5 Å². The van der Waals surface area contributed by atoms with E-state index in [2.05, 4.69) is 14.9 Å². The molecule has 1 aromatic carbocycles. The standard InChI is InChI=1S/C22H29N5O2S/c1-26(2)17-10-8-15(9-11-17)20(21(28)23-16-6-4-3-5-7-16)27(18-12-13-18)22(29)19-14-30-25-24-19/h8-11,14,16,18,20H,3-7,12-13H2,1-2H3,(H,23,28)/t20-/m1/s1. The van der Waals surface area contributed by atoms with Gasteiger partial charge in [-0.3, -0.25) is 9.59 Å². The Morgan fingerprint density at radius 1 is 1.07 bits per heavy atom. The van der Waals surface area contributed by atoms with Gasteiger partial charge >= 0.3 is 0 Å². The van der Waals surface area contributed by atoms with Gasteiger partial charge in [0.1, 0.15) is 6.04 Å². The molecule has 8 heteroatoms. The van der Waals surface area contributed by atoms with Gasteiger partial charge < -0.3 is 15.1 Å². The quantitative estimate of drug-likeness (QED) is 0.733. The summed E-state index contributed by atoms with van der Waals surface area (Å²) in [7, 11) is 3.97. The smallest absolute Gasteiger partial charge is 0.276 e. The Morgan fingerprint density at radius 2 is 1.77 bits per heavy atom. The molecule has 1 heterocycles. The molecule has 2 fully saturated rings. The van der Waals surface area contributed by atoms with Gasteiger partial charge in [0.25, 0.3) is 5.91 Å². The fourth-order valence-corrected chi connectivity index (χ4v) is 4.59. The van der Waals surface area contributed by atoms with Crippen molar-refractivity contribution in [3.05, 3.63) is 40.9 Å². The van der Waals surface area contributed by atoms with Crippen LogP contribution >= 0.6 is 11.5 Å². The second kappa shape index (κ2) is 9.12. The summed E-state index contributed by atoms with van der Waals surface area (Å²) in [4.78, 5) is 30.6. The summed E-state index contributed by atoms with van der Waals surface area (Å²) in [6.45, 7) is 0. The molecule has 0 spiro atoms. The molecule has 30 heavy (non-hydrogen) atoms. The lowest BCUT2D eigenvalue weighted by molar-refractivity contribution is -0.127. The van der Waals surface area contributed by atoms with Crippen molar-refractivity contribution in [3.63, 3.8) is 0 Å². The average Bonchev–Trinajstić information content (AvgIpc) is 3.44. The van der Waals surface area contributed by atoms with Crippen LogP contribution in [0.3, 0.4) is 0 Å². The van der Waals surface area contributed by atoms with E-state index in [-0.39, 0.29) is 23.9 Å². The number of nitrogens with zero attached hydrogens (tertiary/aromatic N) is 4. The van der Waals surface area contributed by atoms with Crippen LogP contribution in [-0.2, 0) is 4.79 Å². The molecule has 1 atom stereocenters. The number of hydrogen-bond acceptors (Lipinski definition) is 6. The Labute approximate surface area is 181 Å². The van der Waals surface area contributed by atoms with E-state index in [1.54, 1.807) is 10.3 Å². The third-order valence-electron chi connectivity index (χ3n) is 5.96. The average molecular weight is 428 g/mol. The lowest BCUT2D eigenvalue weighted by Gasteiger charge is -2.33. The Balaban J connectivity index is 1.66. The van der Waals surface area contributed by atoms with Crippen molar-refractivity contribution in [2.45, 2.75) is 63.1 Å². The third kappa shape index (κ3) is 4.64. The second-order valence-electron chi connectivity index (χ2n) is 8.47. The Kier molecular flexibility index (Phi) is 6.32. The molecule has 2 aromatic rings. The number of benzene rings is 1. The monoisotopic (exact) mass is 427 g/mol. The first-order chi connectivity index (χ1) is 14.5. The molecule has 2 aliphatic rings. The molecule has 160 valence electrons. The van der Waals surface area contributed by atoms with Crippen LogP contribution in [0.15, 0.2) is 29.6 Å². The molecular weight excluding hydrogens is 398 g/mol. The van der Waals surface area contributed by atoms with E-state index in [1.807, 2.05) is 43.3 Å². The first-order valence-corrected chi connectivity index (χ1v) is 11.6. The van der Waals surface area contributed by atoms with E-state index < -0.39 is 6.04 Å². The molecule has 0 unspecified atom stereocenters. The lowest BCUT2D eigenvalue weighted by Crippen LogP contribution is -2.48. The van der Waals surface area contributed by atoms with Crippen molar-refractivity contribution < 1.29 is 9.59 Å². The van der Waals surface area contributed by atoms with Gasteiger partial charge in [0.05, 0.1) is 0 Å². The summed E-state index contributed by atoms with van der Waals surface area (Å²) in [5.74, 6) is -0.310. The number of amides is 2. The first-order valence-electron chi connectivity index (χ1n) is 10.7. The summed E-state index contributed by atoms with van der Waals surface area (Å²) in [6.07, 6.45) is 7.34. The Bertz CT molecular complexity index is 858. The maximum atomic E-state index is 13.5. The maximum absolute atomic E-state index is 13.5. The molecule has 0 radical (unpaired) electrons. The predicted octanol–water partition coefficient (Wildman–Crippen LogP) is 3.40. The van der Waals surface area contributed by atoms with Crippen molar-refractivity contribution in [2.24, 2.45) is 0 Å². The minimum absolute atomic E-state index is 0.0647. The number of anilines is 1. The van der Waals surface area contributed by atoms with Gasteiger partial charge in [-0.05, 0) is 54.9 Å². The topological polar surface area (TPSA) is 78.4 Å². The van der Waals surface area contributed by atoms with Crippen LogP contribution in [0.4, 0.5) is 5.69 Å². The fourth-order valence-electron chi connectivity index (χ4n) is 4.16. The highest BCUT2D eigenvalue weighted by Gasteiger charge is 2.42. The van der Waals surface area contributed by atoms with Crippen molar-refractivity contribution in [1.29, 1.82) is 0 Å². The van der Waals surface area contributed by atoms with Gasteiger partial charge in [0.2, 0.25) is 5.91 Å². The number of carbonyl (C=O) groups is 2. The summed E-state index contributed by atoms with van der Waals surface area (Å²) < 4.78 is 3.85. The predicted molar refractivity (Wildman–Crippen MR) is 118 cm³/mol. The second-order valence-corrected chi connectivity index (χ2v) is 9.08. The lowest BCUT2D eigenvalue weighted by atomic mass is 9.94. The zero-order valence-corrected chi connectivity index (χ0v) is 18.4. The third-order valence-corrected chi connectivity index (χ3v) is 6.46. The van der Waals surface area contributed by atoms with Crippen LogP contribution in [0.1, 0.15) is 67.0 Å². The van der Waals surface area contributed by atoms with E-state index in [0.29, 0.717) is 5.69 Å². The molecule has 2 amide bonds. The highest BCUT2D eigenvalue weighted by atomic mass is 32.1. The largest absolute Gasteiger partial charge is 0.378 e. The van der Waals surface area contributed by atoms with Crippen molar-refractivity contribution in [1.82, 2.24) is 19.8 Å². The number of aromatic nitrogens is 2. The van der Waals surface area contributed by atoms with Gasteiger partial charge in [-0.2, -0.15) is 0 Å². The summed E-state index contributed by atoms with van der Waals surface area (Å²) in [6, 6.07) is 7.50. The highest BCUT2D eigenvalue weighted by molar-refractivity contribution is 7.03. The minimum atomic E-state index is -0.662. The van der Waals surface area contributed by atoms with Crippen LogP contribution in [0.25, 0.3) is 0 Å².